The summed E-state index contributed by atoms with van der Waals surface area (Å²) in [5.41, 5.74) is 0. The Hall–Kier alpha value is -0.780. The van der Waals surface area contributed by atoms with E-state index in [0.717, 1.165) is 17.8 Å². The van der Waals surface area contributed by atoms with Crippen molar-refractivity contribution in [2.24, 2.45) is 23.7 Å². The molecular formula is C28H45FO3S. The molecule has 1 aromatic rings. The zero-order chi connectivity index (χ0) is 23.5. The van der Waals surface area contributed by atoms with Crippen LogP contribution in [0.4, 0.5) is 4.39 Å². The molecule has 0 bridgehead atoms. The molecule has 0 N–H and O–H groups in total. The van der Waals surface area contributed by atoms with Crippen molar-refractivity contribution in [3.63, 3.8) is 0 Å². The number of rotatable bonds is 13. The van der Waals surface area contributed by atoms with Crippen LogP contribution in [0.5, 0.6) is 5.75 Å². The van der Waals surface area contributed by atoms with Gasteiger partial charge in [0.25, 0.3) is 0 Å². The molecule has 0 saturated heterocycles. The van der Waals surface area contributed by atoms with E-state index >= 15 is 4.39 Å². The SMILES string of the molecule is CCCC1CCC(C2CCC(COc3cccc(SCC(OCC)OCC)c3F)CC2)CC1. The molecule has 1 aromatic carbocycles. The van der Waals surface area contributed by atoms with Crippen molar-refractivity contribution in [3.05, 3.63) is 24.0 Å². The summed E-state index contributed by atoms with van der Waals surface area (Å²) in [5, 5.41) is 0. The van der Waals surface area contributed by atoms with Crippen LogP contribution >= 0.6 is 11.8 Å². The van der Waals surface area contributed by atoms with Crippen molar-refractivity contribution in [3.8, 4) is 5.75 Å². The smallest absolute Gasteiger partial charge is 0.178 e. The Morgan fingerprint density at radius 3 is 2.06 bits per heavy atom. The first kappa shape index (κ1) is 26.8. The molecule has 2 fully saturated rings. The second-order valence-electron chi connectivity index (χ2n) is 9.88. The standard InChI is InChI=1S/C28H45FO3S/c1-4-8-21-11-15-23(16-12-21)24-17-13-22(14-18-24)19-32-25-9-7-10-26(28(25)29)33-20-27(30-5-2)31-6-3/h7,9-10,21-24,27H,4-6,8,11-20H2,1-3H3. The molecule has 33 heavy (non-hydrogen) atoms. The van der Waals surface area contributed by atoms with Gasteiger partial charge in [0, 0.05) is 23.9 Å². The van der Waals surface area contributed by atoms with E-state index in [1.165, 1.54) is 76.0 Å². The zero-order valence-electron chi connectivity index (χ0n) is 21.0. The quantitative estimate of drug-likeness (QED) is 0.210. The van der Waals surface area contributed by atoms with Gasteiger partial charge < -0.3 is 14.2 Å². The van der Waals surface area contributed by atoms with E-state index in [0.29, 0.717) is 42.1 Å². The first-order valence-electron chi connectivity index (χ1n) is 13.4. The minimum Gasteiger partial charge on any atom is -0.490 e. The highest BCUT2D eigenvalue weighted by atomic mass is 32.2. The molecule has 5 heteroatoms. The summed E-state index contributed by atoms with van der Waals surface area (Å²) in [7, 11) is 0. The van der Waals surface area contributed by atoms with Crippen molar-refractivity contribution in [1.29, 1.82) is 0 Å². The molecule has 0 amide bonds. The monoisotopic (exact) mass is 480 g/mol. The summed E-state index contributed by atoms with van der Waals surface area (Å²) < 4.78 is 32.1. The first-order chi connectivity index (χ1) is 16.1. The minimum atomic E-state index is -0.314. The van der Waals surface area contributed by atoms with Gasteiger partial charge in [-0.15, -0.1) is 11.8 Å². The van der Waals surface area contributed by atoms with Gasteiger partial charge in [0.2, 0.25) is 0 Å². The van der Waals surface area contributed by atoms with Crippen LogP contribution < -0.4 is 4.74 Å². The predicted octanol–water partition coefficient (Wildman–Crippen LogP) is 8.11. The van der Waals surface area contributed by atoms with Gasteiger partial charge in [-0.1, -0.05) is 38.7 Å². The van der Waals surface area contributed by atoms with Gasteiger partial charge in [-0.25, -0.2) is 4.39 Å². The molecule has 2 aliphatic rings. The highest BCUT2D eigenvalue weighted by Crippen LogP contribution is 2.42. The topological polar surface area (TPSA) is 27.7 Å². The predicted molar refractivity (Wildman–Crippen MR) is 135 cm³/mol. The maximum Gasteiger partial charge on any atom is 0.178 e. The van der Waals surface area contributed by atoms with Crippen molar-refractivity contribution < 1.29 is 18.6 Å². The summed E-state index contributed by atoms with van der Waals surface area (Å²) in [4.78, 5) is 0.597. The molecule has 2 saturated carbocycles. The number of halogens is 1. The molecule has 0 spiro atoms. The van der Waals surface area contributed by atoms with Crippen LogP contribution in [0, 0.1) is 29.5 Å². The van der Waals surface area contributed by atoms with Crippen molar-refractivity contribution >= 4 is 11.8 Å². The van der Waals surface area contributed by atoms with Crippen molar-refractivity contribution in [2.45, 2.75) is 96.2 Å². The Kier molecular flexibility index (Phi) is 11.8. The van der Waals surface area contributed by atoms with Crippen LogP contribution in [-0.4, -0.2) is 31.9 Å². The van der Waals surface area contributed by atoms with Crippen LogP contribution in [0.2, 0.25) is 0 Å². The van der Waals surface area contributed by atoms with Crippen molar-refractivity contribution in [2.75, 3.05) is 25.6 Å². The summed E-state index contributed by atoms with van der Waals surface area (Å²) in [6.45, 7) is 7.99. The van der Waals surface area contributed by atoms with Gasteiger partial charge >= 0.3 is 0 Å². The zero-order valence-corrected chi connectivity index (χ0v) is 21.8. The number of hydrogen-bond donors (Lipinski definition) is 0. The Labute approximate surface area is 205 Å². The number of hydrogen-bond acceptors (Lipinski definition) is 4. The van der Waals surface area contributed by atoms with Crippen molar-refractivity contribution in [1.82, 2.24) is 0 Å². The highest BCUT2D eigenvalue weighted by Gasteiger charge is 2.31. The van der Waals surface area contributed by atoms with Crippen LogP contribution in [0.3, 0.4) is 0 Å². The van der Waals surface area contributed by atoms with Crippen LogP contribution in [-0.2, 0) is 9.47 Å². The fourth-order valence-electron chi connectivity index (χ4n) is 5.78. The lowest BCUT2D eigenvalue weighted by Crippen LogP contribution is -2.27. The van der Waals surface area contributed by atoms with Crippen LogP contribution in [0.25, 0.3) is 0 Å². The summed E-state index contributed by atoms with van der Waals surface area (Å²) in [5.74, 6) is 4.07. The van der Waals surface area contributed by atoms with E-state index in [9.17, 15) is 0 Å². The van der Waals surface area contributed by atoms with Gasteiger partial charge in [-0.05, 0) is 88.2 Å². The van der Waals surface area contributed by atoms with Crippen LogP contribution in [0.15, 0.2) is 23.1 Å². The molecule has 3 nitrogen and oxygen atoms in total. The third-order valence-electron chi connectivity index (χ3n) is 7.63. The molecule has 0 heterocycles. The first-order valence-corrected chi connectivity index (χ1v) is 14.4. The molecule has 0 aliphatic heterocycles. The molecule has 0 aromatic heterocycles. The third-order valence-corrected chi connectivity index (χ3v) is 8.69. The number of ether oxygens (including phenoxy) is 3. The molecule has 2 aliphatic carbocycles. The molecule has 3 rings (SSSR count). The van der Waals surface area contributed by atoms with E-state index in [-0.39, 0.29) is 12.1 Å². The maximum absolute atomic E-state index is 15.0. The van der Waals surface area contributed by atoms with E-state index < -0.39 is 0 Å². The van der Waals surface area contributed by atoms with Crippen LogP contribution in [0.1, 0.15) is 85.0 Å². The normalized spacial score (nSPS) is 26.0. The Morgan fingerprint density at radius 2 is 1.48 bits per heavy atom. The second kappa shape index (κ2) is 14.6. The highest BCUT2D eigenvalue weighted by molar-refractivity contribution is 7.99. The lowest BCUT2D eigenvalue weighted by atomic mass is 9.69. The van der Waals surface area contributed by atoms with E-state index in [4.69, 9.17) is 14.2 Å². The lowest BCUT2D eigenvalue weighted by Gasteiger charge is -2.37. The molecule has 0 radical (unpaired) electrons. The van der Waals surface area contributed by atoms with E-state index in [1.807, 2.05) is 26.0 Å². The molecule has 0 atom stereocenters. The Balaban J connectivity index is 1.41. The van der Waals surface area contributed by atoms with Gasteiger partial charge in [-0.2, -0.15) is 0 Å². The Morgan fingerprint density at radius 1 is 0.879 bits per heavy atom. The summed E-state index contributed by atoms with van der Waals surface area (Å²) in [6.07, 6.45) is 13.3. The second-order valence-corrected chi connectivity index (χ2v) is 10.9. The van der Waals surface area contributed by atoms with E-state index in [2.05, 4.69) is 6.92 Å². The van der Waals surface area contributed by atoms with Gasteiger partial charge in [0.1, 0.15) is 0 Å². The minimum absolute atomic E-state index is 0.258. The largest absolute Gasteiger partial charge is 0.490 e. The maximum atomic E-state index is 15.0. The van der Waals surface area contributed by atoms with Gasteiger partial charge in [0.15, 0.2) is 17.9 Å². The average molecular weight is 481 g/mol. The summed E-state index contributed by atoms with van der Waals surface area (Å²) in [6, 6.07) is 5.44. The number of benzene rings is 1. The van der Waals surface area contributed by atoms with Gasteiger partial charge in [0.05, 0.1) is 6.61 Å². The van der Waals surface area contributed by atoms with E-state index in [1.54, 1.807) is 6.07 Å². The average Bonchev–Trinajstić information content (AvgIpc) is 2.84. The lowest BCUT2D eigenvalue weighted by molar-refractivity contribution is -0.120. The molecule has 0 unspecified atom stereocenters. The summed E-state index contributed by atoms with van der Waals surface area (Å²) >= 11 is 1.42. The third kappa shape index (κ3) is 8.43. The number of thioether (sulfide) groups is 1. The molecule has 188 valence electrons. The molecular weight excluding hydrogens is 435 g/mol. The fourth-order valence-corrected chi connectivity index (χ4v) is 6.69. The van der Waals surface area contributed by atoms with Gasteiger partial charge in [-0.3, -0.25) is 0 Å². The Bertz CT molecular complexity index is 663. The fraction of sp³-hybridized carbons (Fsp3) is 0.786.